The molecule has 0 aromatic heterocycles. The van der Waals surface area contributed by atoms with Gasteiger partial charge in [0.15, 0.2) is 5.11 Å². The topological polar surface area (TPSA) is 45.7 Å². The van der Waals surface area contributed by atoms with Crippen molar-refractivity contribution in [2.24, 2.45) is 5.10 Å². The lowest BCUT2D eigenvalue weighted by Gasteiger charge is -2.09. The highest BCUT2D eigenvalue weighted by Crippen LogP contribution is 2.20. The van der Waals surface area contributed by atoms with Crippen LogP contribution in [0.4, 0.5) is 0 Å². The fraction of sp³-hybridized carbons (Fsp3) is 0.333. The summed E-state index contributed by atoms with van der Waals surface area (Å²) >= 11 is 4.95. The van der Waals surface area contributed by atoms with Crippen LogP contribution >= 0.6 is 12.2 Å². The molecule has 0 heterocycles. The van der Waals surface area contributed by atoms with Gasteiger partial charge in [-0.2, -0.15) is 5.10 Å². The van der Waals surface area contributed by atoms with Gasteiger partial charge >= 0.3 is 0 Å². The molecule has 92 valence electrons. The summed E-state index contributed by atoms with van der Waals surface area (Å²) in [5.41, 5.74) is 5.69. The second-order valence-corrected chi connectivity index (χ2v) is 4.00. The SMILES string of the molecule is CNC(=S)N/N=C(/C)c1cc(C)ccc1OC. The molecular formula is C12H17N3OS. The van der Waals surface area contributed by atoms with E-state index in [-0.39, 0.29) is 0 Å². The van der Waals surface area contributed by atoms with E-state index in [1.807, 2.05) is 32.0 Å². The Hall–Kier alpha value is -1.62. The quantitative estimate of drug-likeness (QED) is 0.489. The molecule has 0 atom stereocenters. The molecule has 4 nitrogen and oxygen atoms in total. The number of nitrogens with zero attached hydrogens (tertiary/aromatic N) is 1. The summed E-state index contributed by atoms with van der Waals surface area (Å²) in [7, 11) is 3.39. The van der Waals surface area contributed by atoms with Crippen molar-refractivity contribution in [2.45, 2.75) is 13.8 Å². The van der Waals surface area contributed by atoms with Crippen molar-refractivity contribution in [3.8, 4) is 5.75 Å². The molecule has 0 unspecified atom stereocenters. The van der Waals surface area contributed by atoms with E-state index in [0.717, 1.165) is 22.6 Å². The molecule has 0 spiro atoms. The Morgan fingerprint density at radius 1 is 1.41 bits per heavy atom. The number of ether oxygens (including phenoxy) is 1. The van der Waals surface area contributed by atoms with E-state index >= 15 is 0 Å². The molecule has 17 heavy (non-hydrogen) atoms. The zero-order valence-electron chi connectivity index (χ0n) is 10.5. The third kappa shape index (κ3) is 3.71. The molecule has 1 aromatic rings. The fourth-order valence-electron chi connectivity index (χ4n) is 1.36. The summed E-state index contributed by atoms with van der Waals surface area (Å²) < 4.78 is 5.30. The van der Waals surface area contributed by atoms with Crippen molar-refractivity contribution in [3.05, 3.63) is 29.3 Å². The summed E-state index contributed by atoms with van der Waals surface area (Å²) in [6.45, 7) is 3.93. The van der Waals surface area contributed by atoms with Crippen LogP contribution in [-0.2, 0) is 0 Å². The molecular weight excluding hydrogens is 234 g/mol. The van der Waals surface area contributed by atoms with Crippen LogP contribution in [0.25, 0.3) is 0 Å². The minimum Gasteiger partial charge on any atom is -0.496 e. The summed E-state index contributed by atoms with van der Waals surface area (Å²) in [5.74, 6) is 0.800. The van der Waals surface area contributed by atoms with Crippen molar-refractivity contribution < 1.29 is 4.74 Å². The smallest absolute Gasteiger partial charge is 0.186 e. The van der Waals surface area contributed by atoms with Crippen molar-refractivity contribution in [2.75, 3.05) is 14.2 Å². The molecule has 0 saturated heterocycles. The van der Waals surface area contributed by atoms with Gasteiger partial charge in [-0.3, -0.25) is 5.43 Å². The van der Waals surface area contributed by atoms with Gasteiger partial charge in [0.2, 0.25) is 0 Å². The van der Waals surface area contributed by atoms with E-state index in [4.69, 9.17) is 17.0 Å². The standard InChI is InChI=1S/C12H17N3OS/c1-8-5-6-11(16-4)10(7-8)9(2)14-15-12(17)13-3/h5-7H,1-4H3,(H2,13,15,17)/b14-9-. The van der Waals surface area contributed by atoms with Crippen LogP contribution in [0.3, 0.4) is 0 Å². The average molecular weight is 251 g/mol. The minimum atomic E-state index is 0.482. The Bertz CT molecular complexity index is 443. The Kier molecular flexibility index (Phi) is 4.90. The highest BCUT2D eigenvalue weighted by atomic mass is 32.1. The van der Waals surface area contributed by atoms with Crippen molar-refractivity contribution in [1.29, 1.82) is 0 Å². The predicted molar refractivity (Wildman–Crippen MR) is 74.7 cm³/mol. The first-order chi connectivity index (χ1) is 8.08. The van der Waals surface area contributed by atoms with Crippen molar-refractivity contribution in [3.63, 3.8) is 0 Å². The molecule has 0 aliphatic carbocycles. The molecule has 2 N–H and O–H groups in total. The third-order valence-electron chi connectivity index (χ3n) is 2.30. The highest BCUT2D eigenvalue weighted by molar-refractivity contribution is 7.80. The zero-order chi connectivity index (χ0) is 12.8. The molecule has 0 amide bonds. The molecule has 1 rings (SSSR count). The van der Waals surface area contributed by atoms with Crippen LogP contribution in [0, 0.1) is 6.92 Å². The number of hydrogen-bond acceptors (Lipinski definition) is 3. The normalized spacial score (nSPS) is 10.9. The molecule has 1 aromatic carbocycles. The fourth-order valence-corrected chi connectivity index (χ4v) is 1.40. The Morgan fingerprint density at radius 3 is 2.71 bits per heavy atom. The largest absolute Gasteiger partial charge is 0.496 e. The van der Waals surface area contributed by atoms with Crippen molar-refractivity contribution in [1.82, 2.24) is 10.7 Å². The molecule has 0 saturated carbocycles. The molecule has 0 bridgehead atoms. The van der Waals surface area contributed by atoms with Crippen LogP contribution in [0.5, 0.6) is 5.75 Å². The van der Waals surface area contributed by atoms with E-state index in [1.165, 1.54) is 0 Å². The van der Waals surface area contributed by atoms with Crippen molar-refractivity contribution >= 4 is 23.0 Å². The van der Waals surface area contributed by atoms with Gasteiger partial charge in [-0.15, -0.1) is 0 Å². The summed E-state index contributed by atoms with van der Waals surface area (Å²) in [4.78, 5) is 0. The first-order valence-corrected chi connectivity index (χ1v) is 5.66. The number of aryl methyl sites for hydroxylation is 1. The predicted octanol–water partition coefficient (Wildman–Crippen LogP) is 1.82. The van der Waals surface area contributed by atoms with E-state index in [1.54, 1.807) is 14.2 Å². The van der Waals surface area contributed by atoms with Gasteiger partial charge in [-0.05, 0) is 38.2 Å². The van der Waals surface area contributed by atoms with Crippen LogP contribution in [0.2, 0.25) is 0 Å². The van der Waals surface area contributed by atoms with E-state index in [0.29, 0.717) is 5.11 Å². The van der Waals surface area contributed by atoms with Gasteiger partial charge in [0.05, 0.1) is 12.8 Å². The Labute approximate surface area is 107 Å². The average Bonchev–Trinajstić information content (AvgIpc) is 2.35. The maximum atomic E-state index is 5.30. The monoisotopic (exact) mass is 251 g/mol. The zero-order valence-corrected chi connectivity index (χ0v) is 11.3. The number of hydrogen-bond donors (Lipinski definition) is 2. The number of thiocarbonyl (C=S) groups is 1. The van der Waals surface area contributed by atoms with Gasteiger partial charge in [0.25, 0.3) is 0 Å². The van der Waals surface area contributed by atoms with E-state index in [2.05, 4.69) is 15.8 Å². The second kappa shape index (κ2) is 6.20. The van der Waals surface area contributed by atoms with Crippen LogP contribution in [0.1, 0.15) is 18.1 Å². The van der Waals surface area contributed by atoms with Crippen LogP contribution in [0.15, 0.2) is 23.3 Å². The molecule has 0 aliphatic heterocycles. The first kappa shape index (κ1) is 13.4. The second-order valence-electron chi connectivity index (χ2n) is 3.59. The van der Waals surface area contributed by atoms with Crippen LogP contribution < -0.4 is 15.5 Å². The number of benzene rings is 1. The van der Waals surface area contributed by atoms with Gasteiger partial charge in [0, 0.05) is 12.6 Å². The first-order valence-electron chi connectivity index (χ1n) is 5.25. The lowest BCUT2D eigenvalue weighted by Crippen LogP contribution is -2.29. The summed E-state index contributed by atoms with van der Waals surface area (Å²) in [5, 5.41) is 7.47. The summed E-state index contributed by atoms with van der Waals surface area (Å²) in [6, 6.07) is 5.96. The molecule has 5 heteroatoms. The molecule has 0 fully saturated rings. The van der Waals surface area contributed by atoms with Gasteiger partial charge in [-0.25, -0.2) is 0 Å². The van der Waals surface area contributed by atoms with Gasteiger partial charge in [-0.1, -0.05) is 11.6 Å². The van der Waals surface area contributed by atoms with E-state index in [9.17, 15) is 0 Å². The van der Waals surface area contributed by atoms with E-state index < -0.39 is 0 Å². The Morgan fingerprint density at radius 2 is 2.12 bits per heavy atom. The lowest BCUT2D eigenvalue weighted by atomic mass is 10.1. The van der Waals surface area contributed by atoms with Gasteiger partial charge < -0.3 is 10.1 Å². The number of rotatable bonds is 3. The lowest BCUT2D eigenvalue weighted by molar-refractivity contribution is 0.414. The highest BCUT2D eigenvalue weighted by Gasteiger charge is 2.06. The number of methoxy groups -OCH3 is 1. The maximum Gasteiger partial charge on any atom is 0.186 e. The minimum absolute atomic E-state index is 0.482. The number of nitrogens with one attached hydrogen (secondary N) is 2. The maximum absolute atomic E-state index is 5.30. The molecule has 0 radical (unpaired) electrons. The number of hydrazone groups is 1. The summed E-state index contributed by atoms with van der Waals surface area (Å²) in [6.07, 6.45) is 0. The molecule has 0 aliphatic rings. The third-order valence-corrected chi connectivity index (χ3v) is 2.59. The Balaban J connectivity index is 2.97. The van der Waals surface area contributed by atoms with Crippen LogP contribution in [-0.4, -0.2) is 25.0 Å². The van der Waals surface area contributed by atoms with Gasteiger partial charge in [0.1, 0.15) is 5.75 Å².